The van der Waals surface area contributed by atoms with Crippen LogP contribution in [-0.2, 0) is 13.0 Å². The number of hydrogen-bond donors (Lipinski definition) is 1. The van der Waals surface area contributed by atoms with Gasteiger partial charge in [0.05, 0.1) is 0 Å². The monoisotopic (exact) mass is 397 g/mol. The molecule has 2 aromatic rings. The molecule has 2 nitrogen and oxygen atoms in total. The van der Waals surface area contributed by atoms with E-state index in [4.69, 9.17) is 4.74 Å². The van der Waals surface area contributed by atoms with E-state index < -0.39 is 0 Å². The minimum Gasteiger partial charge on any atom is -0.487 e. The van der Waals surface area contributed by atoms with Gasteiger partial charge in [0.15, 0.2) is 0 Å². The molecule has 0 unspecified atom stereocenters. The van der Waals surface area contributed by atoms with Crippen molar-refractivity contribution in [1.82, 2.24) is 0 Å². The summed E-state index contributed by atoms with van der Waals surface area (Å²) >= 11 is 2.14. The molecule has 0 saturated carbocycles. The zero-order valence-electron chi connectivity index (χ0n) is 12.0. The summed E-state index contributed by atoms with van der Waals surface area (Å²) in [5.74, 6) is 0.780. The number of rotatable bonds is 3. The Hall–Kier alpha value is -1.30. The minimum absolute atomic E-state index is 0.136. The van der Waals surface area contributed by atoms with Crippen LogP contribution in [0.25, 0.3) is 0 Å². The van der Waals surface area contributed by atoms with E-state index in [0.717, 1.165) is 27.0 Å². The highest BCUT2D eigenvalue weighted by atomic mass is 127. The summed E-state index contributed by atoms with van der Waals surface area (Å²) < 4.78 is 20.1. The lowest BCUT2D eigenvalue weighted by Gasteiger charge is -2.18. The first-order valence-electron chi connectivity index (χ1n) is 6.93. The van der Waals surface area contributed by atoms with Crippen LogP contribution in [0.2, 0.25) is 0 Å². The van der Waals surface area contributed by atoms with Crippen LogP contribution in [-0.4, -0.2) is 5.60 Å². The summed E-state index contributed by atoms with van der Waals surface area (Å²) in [4.78, 5) is 0. The Kier molecular flexibility index (Phi) is 3.82. The van der Waals surface area contributed by atoms with Crippen molar-refractivity contribution in [3.8, 4) is 5.75 Å². The van der Waals surface area contributed by atoms with Crippen molar-refractivity contribution in [3.63, 3.8) is 0 Å². The Morgan fingerprint density at radius 1 is 1.29 bits per heavy atom. The maximum absolute atomic E-state index is 13.1. The van der Waals surface area contributed by atoms with Crippen LogP contribution in [0.15, 0.2) is 36.4 Å². The van der Waals surface area contributed by atoms with Crippen LogP contribution in [0.3, 0.4) is 0 Å². The molecule has 110 valence electrons. The van der Waals surface area contributed by atoms with Crippen molar-refractivity contribution in [2.24, 2.45) is 0 Å². The van der Waals surface area contributed by atoms with Gasteiger partial charge in [-0.1, -0.05) is 18.2 Å². The maximum Gasteiger partial charge on any atom is 0.128 e. The van der Waals surface area contributed by atoms with E-state index in [2.05, 4.69) is 60.0 Å². The summed E-state index contributed by atoms with van der Waals surface area (Å²) in [6, 6.07) is 11.0. The van der Waals surface area contributed by atoms with E-state index in [9.17, 15) is 4.39 Å². The first-order chi connectivity index (χ1) is 9.94. The summed E-state index contributed by atoms with van der Waals surface area (Å²) in [5, 5.41) is 3.36. The van der Waals surface area contributed by atoms with Crippen LogP contribution in [0, 0.1) is 9.39 Å². The van der Waals surface area contributed by atoms with Crippen LogP contribution in [0.4, 0.5) is 10.1 Å². The number of benzene rings is 2. The van der Waals surface area contributed by atoms with Gasteiger partial charge >= 0.3 is 0 Å². The van der Waals surface area contributed by atoms with Crippen LogP contribution >= 0.6 is 22.6 Å². The second-order valence-corrected chi connectivity index (χ2v) is 7.08. The first-order valence-corrected chi connectivity index (χ1v) is 8.01. The Bertz CT molecular complexity index is 684. The molecule has 0 bridgehead atoms. The molecular formula is C17H17FINO. The standard InChI is InChI=1S/C17H17FINO/c1-17(2)9-11-4-3-5-12(16(11)21-17)10-20-15-7-6-13(18)8-14(15)19/h3-8,20H,9-10H2,1-2H3. The van der Waals surface area contributed by atoms with Crippen molar-refractivity contribution in [1.29, 1.82) is 0 Å². The van der Waals surface area contributed by atoms with E-state index >= 15 is 0 Å². The van der Waals surface area contributed by atoms with Gasteiger partial charge in [0.1, 0.15) is 17.2 Å². The lowest BCUT2D eigenvalue weighted by molar-refractivity contribution is 0.137. The average Bonchev–Trinajstić information content (AvgIpc) is 2.72. The smallest absolute Gasteiger partial charge is 0.128 e. The molecule has 3 rings (SSSR count). The quantitative estimate of drug-likeness (QED) is 0.755. The molecule has 1 aliphatic heterocycles. The highest BCUT2D eigenvalue weighted by molar-refractivity contribution is 14.1. The molecule has 21 heavy (non-hydrogen) atoms. The van der Waals surface area contributed by atoms with Gasteiger partial charge in [-0.15, -0.1) is 0 Å². The fourth-order valence-electron chi connectivity index (χ4n) is 2.64. The van der Waals surface area contributed by atoms with Crippen LogP contribution in [0.5, 0.6) is 5.75 Å². The molecule has 1 aliphatic rings. The van der Waals surface area contributed by atoms with E-state index in [-0.39, 0.29) is 11.4 Å². The fraction of sp³-hybridized carbons (Fsp3) is 0.294. The highest BCUT2D eigenvalue weighted by Gasteiger charge is 2.31. The Morgan fingerprint density at radius 2 is 2.10 bits per heavy atom. The molecule has 0 amide bonds. The van der Waals surface area contributed by atoms with Crippen LogP contribution < -0.4 is 10.1 Å². The number of fused-ring (bicyclic) bond motifs is 1. The number of para-hydroxylation sites is 1. The Balaban J connectivity index is 1.80. The van der Waals surface area contributed by atoms with Crippen molar-refractivity contribution in [3.05, 3.63) is 56.9 Å². The average molecular weight is 397 g/mol. The number of nitrogens with one attached hydrogen (secondary N) is 1. The zero-order valence-corrected chi connectivity index (χ0v) is 14.2. The van der Waals surface area contributed by atoms with Gasteiger partial charge in [0.25, 0.3) is 0 Å². The van der Waals surface area contributed by atoms with E-state index in [0.29, 0.717) is 6.54 Å². The normalized spacial score (nSPS) is 15.4. The molecule has 0 fully saturated rings. The molecule has 0 aliphatic carbocycles. The molecule has 0 saturated heterocycles. The van der Waals surface area contributed by atoms with Gasteiger partial charge in [0, 0.05) is 27.8 Å². The molecule has 4 heteroatoms. The summed E-state index contributed by atoms with van der Waals surface area (Å²) in [6.45, 7) is 4.88. The Morgan fingerprint density at radius 3 is 2.86 bits per heavy atom. The van der Waals surface area contributed by atoms with Gasteiger partial charge in [-0.05, 0) is 60.2 Å². The zero-order chi connectivity index (χ0) is 15.0. The molecule has 1 N–H and O–H groups in total. The minimum atomic E-state index is -0.212. The SMILES string of the molecule is CC1(C)Cc2cccc(CNc3ccc(F)cc3I)c2O1. The maximum atomic E-state index is 13.1. The van der Waals surface area contributed by atoms with Crippen LogP contribution in [0.1, 0.15) is 25.0 Å². The molecule has 0 aromatic heterocycles. The number of ether oxygens (including phenoxy) is 1. The summed E-state index contributed by atoms with van der Waals surface area (Å²) in [7, 11) is 0. The van der Waals surface area contributed by atoms with Crippen molar-refractivity contribution >= 4 is 28.3 Å². The predicted octanol–water partition coefficient (Wildman–Crippen LogP) is 4.76. The largest absolute Gasteiger partial charge is 0.487 e. The third-order valence-corrected chi connectivity index (χ3v) is 4.47. The highest BCUT2D eigenvalue weighted by Crippen LogP contribution is 2.37. The summed E-state index contributed by atoms with van der Waals surface area (Å²) in [6.07, 6.45) is 0.935. The summed E-state index contributed by atoms with van der Waals surface area (Å²) in [5.41, 5.74) is 3.20. The van der Waals surface area contributed by atoms with Gasteiger partial charge in [0.2, 0.25) is 0 Å². The topological polar surface area (TPSA) is 21.3 Å². The number of anilines is 1. The second-order valence-electron chi connectivity index (χ2n) is 5.92. The third-order valence-electron chi connectivity index (χ3n) is 3.57. The third kappa shape index (κ3) is 3.15. The second kappa shape index (κ2) is 5.48. The number of hydrogen-bond acceptors (Lipinski definition) is 2. The van der Waals surface area contributed by atoms with E-state index in [1.54, 1.807) is 6.07 Å². The molecular weight excluding hydrogens is 380 g/mol. The lowest BCUT2D eigenvalue weighted by Crippen LogP contribution is -2.25. The molecule has 2 aromatic carbocycles. The van der Waals surface area contributed by atoms with Gasteiger partial charge in [-0.3, -0.25) is 0 Å². The predicted molar refractivity (Wildman–Crippen MR) is 91.3 cm³/mol. The van der Waals surface area contributed by atoms with Crippen molar-refractivity contribution in [2.45, 2.75) is 32.4 Å². The van der Waals surface area contributed by atoms with Crippen molar-refractivity contribution in [2.75, 3.05) is 5.32 Å². The van der Waals surface area contributed by atoms with Gasteiger partial charge < -0.3 is 10.1 Å². The molecule has 0 radical (unpaired) electrons. The lowest BCUT2D eigenvalue weighted by atomic mass is 10.0. The Labute approximate surface area is 137 Å². The molecule has 0 spiro atoms. The van der Waals surface area contributed by atoms with Gasteiger partial charge in [-0.25, -0.2) is 4.39 Å². The number of halogens is 2. The van der Waals surface area contributed by atoms with E-state index in [1.165, 1.54) is 17.7 Å². The van der Waals surface area contributed by atoms with E-state index in [1.807, 2.05) is 0 Å². The molecule has 1 heterocycles. The van der Waals surface area contributed by atoms with Gasteiger partial charge in [-0.2, -0.15) is 0 Å². The molecule has 0 atom stereocenters. The first kappa shape index (κ1) is 14.6. The van der Waals surface area contributed by atoms with Crippen molar-refractivity contribution < 1.29 is 9.13 Å². The fourth-order valence-corrected chi connectivity index (χ4v) is 3.31.